The number of anilines is 2. The summed E-state index contributed by atoms with van der Waals surface area (Å²) in [7, 11) is 1.30. The lowest BCUT2D eigenvalue weighted by molar-refractivity contribution is 0.0593. The van der Waals surface area contributed by atoms with Gasteiger partial charge in [0.1, 0.15) is 5.82 Å². The van der Waals surface area contributed by atoms with E-state index < -0.39 is 5.97 Å². The Morgan fingerprint density at radius 1 is 1.26 bits per heavy atom. The summed E-state index contributed by atoms with van der Waals surface area (Å²) in [5.74, 6) is -0.0714. The number of aromatic nitrogens is 2. The average Bonchev–Trinajstić information content (AvgIpc) is 2.42. The molecule has 0 amide bonds. The first-order valence-corrected chi connectivity index (χ1v) is 6.82. The summed E-state index contributed by atoms with van der Waals surface area (Å²) in [6.45, 7) is 0. The molecule has 1 aromatic carbocycles. The molecule has 0 aliphatic rings. The van der Waals surface area contributed by atoms with Gasteiger partial charge in [0, 0.05) is 8.95 Å². The van der Waals surface area contributed by atoms with Crippen LogP contribution in [0, 0.1) is 0 Å². The summed E-state index contributed by atoms with van der Waals surface area (Å²) in [6.07, 6.45) is 2.88. The second kappa shape index (κ2) is 6.12. The molecule has 1 heterocycles. The number of halogens is 2. The Labute approximate surface area is 126 Å². The van der Waals surface area contributed by atoms with Crippen molar-refractivity contribution in [3.63, 3.8) is 0 Å². The number of nitrogens with zero attached hydrogens (tertiary/aromatic N) is 2. The minimum Gasteiger partial charge on any atom is -0.464 e. The van der Waals surface area contributed by atoms with E-state index >= 15 is 0 Å². The summed E-state index contributed by atoms with van der Waals surface area (Å²) in [5, 5.41) is 3.08. The van der Waals surface area contributed by atoms with E-state index in [1.54, 1.807) is 0 Å². The standard InChI is InChI=1S/C12H9Br2N3O2/c1-19-12(18)9-5-15-6-10(16-9)17-11-7(13)3-2-4-8(11)14/h2-6H,1H3,(H,16,17). The van der Waals surface area contributed by atoms with Gasteiger partial charge in [-0.1, -0.05) is 6.07 Å². The SMILES string of the molecule is COC(=O)c1cncc(Nc2c(Br)cccc2Br)n1. The largest absolute Gasteiger partial charge is 0.464 e. The number of hydrogen-bond acceptors (Lipinski definition) is 5. The van der Waals surface area contributed by atoms with Crippen molar-refractivity contribution in [1.82, 2.24) is 9.97 Å². The first kappa shape index (κ1) is 14.0. The van der Waals surface area contributed by atoms with Crippen LogP contribution in [0.15, 0.2) is 39.5 Å². The normalized spacial score (nSPS) is 10.1. The van der Waals surface area contributed by atoms with Crippen molar-refractivity contribution in [1.29, 1.82) is 0 Å². The van der Waals surface area contributed by atoms with Crippen LogP contribution in [0.1, 0.15) is 10.5 Å². The van der Waals surface area contributed by atoms with Gasteiger partial charge in [0.2, 0.25) is 0 Å². The van der Waals surface area contributed by atoms with Gasteiger partial charge < -0.3 is 10.1 Å². The second-order valence-electron chi connectivity index (χ2n) is 3.50. The van der Waals surface area contributed by atoms with Gasteiger partial charge in [-0.3, -0.25) is 4.98 Å². The van der Waals surface area contributed by atoms with E-state index in [0.29, 0.717) is 5.82 Å². The molecule has 0 atom stereocenters. The quantitative estimate of drug-likeness (QED) is 0.817. The molecule has 0 saturated heterocycles. The van der Waals surface area contributed by atoms with Crippen LogP contribution in [-0.2, 0) is 4.74 Å². The van der Waals surface area contributed by atoms with Gasteiger partial charge in [-0.25, -0.2) is 9.78 Å². The van der Waals surface area contributed by atoms with E-state index in [1.165, 1.54) is 19.5 Å². The minimum atomic E-state index is -0.526. The lowest BCUT2D eigenvalue weighted by Crippen LogP contribution is -2.07. The van der Waals surface area contributed by atoms with Gasteiger partial charge in [-0.2, -0.15) is 0 Å². The van der Waals surface area contributed by atoms with Crippen molar-refractivity contribution in [2.24, 2.45) is 0 Å². The van der Waals surface area contributed by atoms with E-state index in [0.717, 1.165) is 14.6 Å². The molecule has 2 rings (SSSR count). The lowest BCUT2D eigenvalue weighted by atomic mass is 10.3. The van der Waals surface area contributed by atoms with Crippen molar-refractivity contribution >= 4 is 49.3 Å². The molecule has 0 radical (unpaired) electrons. The van der Waals surface area contributed by atoms with Crippen molar-refractivity contribution in [2.75, 3.05) is 12.4 Å². The molecular weight excluding hydrogens is 378 g/mol. The summed E-state index contributed by atoms with van der Waals surface area (Å²) in [5.41, 5.74) is 0.953. The Morgan fingerprint density at radius 3 is 2.58 bits per heavy atom. The predicted octanol–water partition coefficient (Wildman–Crippen LogP) is 3.53. The molecule has 0 aliphatic heterocycles. The van der Waals surface area contributed by atoms with Crippen molar-refractivity contribution < 1.29 is 9.53 Å². The lowest BCUT2D eigenvalue weighted by Gasteiger charge is -2.10. The van der Waals surface area contributed by atoms with Crippen LogP contribution in [0.2, 0.25) is 0 Å². The van der Waals surface area contributed by atoms with Crippen LogP contribution in [-0.4, -0.2) is 23.0 Å². The zero-order valence-corrected chi connectivity index (χ0v) is 13.0. The highest BCUT2D eigenvalue weighted by molar-refractivity contribution is 9.11. The maximum atomic E-state index is 11.4. The highest BCUT2D eigenvalue weighted by Gasteiger charge is 2.10. The molecule has 0 aliphatic carbocycles. The van der Waals surface area contributed by atoms with E-state index in [9.17, 15) is 4.79 Å². The third-order valence-electron chi connectivity index (χ3n) is 2.24. The van der Waals surface area contributed by atoms with Crippen molar-refractivity contribution in [2.45, 2.75) is 0 Å². The maximum absolute atomic E-state index is 11.4. The third-order valence-corrected chi connectivity index (χ3v) is 3.57. The number of methoxy groups -OCH3 is 1. The fraction of sp³-hybridized carbons (Fsp3) is 0.0833. The second-order valence-corrected chi connectivity index (χ2v) is 5.21. The molecule has 1 N–H and O–H groups in total. The first-order chi connectivity index (χ1) is 9.11. The third kappa shape index (κ3) is 3.30. The fourth-order valence-corrected chi connectivity index (χ4v) is 2.57. The van der Waals surface area contributed by atoms with E-state index in [-0.39, 0.29) is 5.69 Å². The molecule has 7 heteroatoms. The zero-order valence-electron chi connectivity index (χ0n) is 9.85. The Balaban J connectivity index is 2.31. The van der Waals surface area contributed by atoms with Gasteiger partial charge in [0.05, 0.1) is 25.2 Å². The molecular formula is C12H9Br2N3O2. The molecule has 0 spiro atoms. The number of para-hydroxylation sites is 1. The van der Waals surface area contributed by atoms with Gasteiger partial charge in [0.25, 0.3) is 0 Å². The van der Waals surface area contributed by atoms with Crippen LogP contribution in [0.4, 0.5) is 11.5 Å². The van der Waals surface area contributed by atoms with Crippen LogP contribution < -0.4 is 5.32 Å². The highest BCUT2D eigenvalue weighted by Crippen LogP contribution is 2.32. The van der Waals surface area contributed by atoms with Crippen LogP contribution in [0.3, 0.4) is 0 Å². The van der Waals surface area contributed by atoms with Gasteiger partial charge in [-0.05, 0) is 44.0 Å². The number of esters is 1. The minimum absolute atomic E-state index is 0.149. The summed E-state index contributed by atoms with van der Waals surface area (Å²) in [6, 6.07) is 5.69. The molecule has 5 nitrogen and oxygen atoms in total. The highest BCUT2D eigenvalue weighted by atomic mass is 79.9. The van der Waals surface area contributed by atoms with Gasteiger partial charge in [0.15, 0.2) is 5.69 Å². The smallest absolute Gasteiger partial charge is 0.358 e. The van der Waals surface area contributed by atoms with E-state index in [1.807, 2.05) is 18.2 Å². The Morgan fingerprint density at radius 2 is 1.95 bits per heavy atom. The number of carbonyl (C=O) groups excluding carboxylic acids is 1. The Hall–Kier alpha value is -1.47. The maximum Gasteiger partial charge on any atom is 0.358 e. The molecule has 19 heavy (non-hydrogen) atoms. The number of nitrogens with one attached hydrogen (secondary N) is 1. The fourth-order valence-electron chi connectivity index (χ4n) is 1.37. The van der Waals surface area contributed by atoms with Crippen LogP contribution >= 0.6 is 31.9 Å². The van der Waals surface area contributed by atoms with Crippen LogP contribution in [0.25, 0.3) is 0 Å². The van der Waals surface area contributed by atoms with Gasteiger partial charge in [-0.15, -0.1) is 0 Å². The average molecular weight is 387 g/mol. The molecule has 0 unspecified atom stereocenters. The number of rotatable bonds is 3. The number of ether oxygens (including phenoxy) is 1. The molecule has 0 saturated carbocycles. The van der Waals surface area contributed by atoms with Gasteiger partial charge >= 0.3 is 5.97 Å². The zero-order chi connectivity index (χ0) is 13.8. The van der Waals surface area contributed by atoms with E-state index in [2.05, 4.69) is 51.9 Å². The topological polar surface area (TPSA) is 64.1 Å². The molecule has 98 valence electrons. The molecule has 0 bridgehead atoms. The predicted molar refractivity (Wildman–Crippen MR) is 78.5 cm³/mol. The monoisotopic (exact) mass is 385 g/mol. The Kier molecular flexibility index (Phi) is 4.49. The summed E-state index contributed by atoms with van der Waals surface area (Å²) < 4.78 is 6.34. The summed E-state index contributed by atoms with van der Waals surface area (Å²) in [4.78, 5) is 19.5. The number of carbonyl (C=O) groups is 1. The summed E-state index contributed by atoms with van der Waals surface area (Å²) >= 11 is 6.87. The molecule has 2 aromatic rings. The first-order valence-electron chi connectivity index (χ1n) is 5.23. The van der Waals surface area contributed by atoms with E-state index in [4.69, 9.17) is 0 Å². The van der Waals surface area contributed by atoms with Crippen molar-refractivity contribution in [3.05, 3.63) is 45.2 Å². The van der Waals surface area contributed by atoms with Crippen molar-refractivity contribution in [3.8, 4) is 0 Å². The number of hydrogen-bond donors (Lipinski definition) is 1. The Bertz CT molecular complexity index is 599. The number of benzene rings is 1. The van der Waals surface area contributed by atoms with Crippen LogP contribution in [0.5, 0.6) is 0 Å². The molecule has 0 fully saturated rings. The molecule has 1 aromatic heterocycles.